The van der Waals surface area contributed by atoms with Gasteiger partial charge in [0.25, 0.3) is 0 Å². The minimum atomic E-state index is -0.140. The Morgan fingerprint density at radius 3 is 2.82 bits per heavy atom. The van der Waals surface area contributed by atoms with E-state index in [2.05, 4.69) is 0 Å². The summed E-state index contributed by atoms with van der Waals surface area (Å²) >= 11 is 5.98. The Bertz CT molecular complexity index is 416. The van der Waals surface area contributed by atoms with Gasteiger partial charge in [-0.05, 0) is 30.9 Å². The maximum atomic E-state index is 11.0. The number of aliphatic hydroxyl groups excluding tert-OH is 1. The van der Waals surface area contributed by atoms with Crippen LogP contribution < -0.4 is 4.90 Å². The second kappa shape index (κ2) is 5.07. The largest absolute Gasteiger partial charge is 0.393 e. The number of nitrogens with zero attached hydrogens (tertiary/aromatic N) is 1. The molecule has 4 heteroatoms. The van der Waals surface area contributed by atoms with Gasteiger partial charge in [0.2, 0.25) is 0 Å². The highest BCUT2D eigenvalue weighted by Crippen LogP contribution is 2.31. The van der Waals surface area contributed by atoms with Crippen LogP contribution in [0.2, 0.25) is 5.02 Å². The predicted octanol–water partition coefficient (Wildman–Crippen LogP) is 2.36. The maximum absolute atomic E-state index is 11.0. The number of hydrogen-bond donors (Lipinski definition) is 1. The fourth-order valence-electron chi connectivity index (χ4n) is 2.31. The average molecular weight is 254 g/mol. The lowest BCUT2D eigenvalue weighted by Gasteiger charge is -2.35. The fraction of sp³-hybridized carbons (Fsp3) is 0.462. The van der Waals surface area contributed by atoms with E-state index in [1.54, 1.807) is 6.07 Å². The van der Waals surface area contributed by atoms with Crippen molar-refractivity contribution in [2.24, 2.45) is 5.92 Å². The first-order valence-electron chi connectivity index (χ1n) is 5.74. The summed E-state index contributed by atoms with van der Waals surface area (Å²) in [5.41, 5.74) is 1.39. The van der Waals surface area contributed by atoms with Crippen LogP contribution in [0.15, 0.2) is 18.2 Å². The van der Waals surface area contributed by atoms with Crippen LogP contribution in [0, 0.1) is 5.92 Å². The van der Waals surface area contributed by atoms with E-state index in [0.717, 1.165) is 31.4 Å². The molecular formula is C13H16ClNO2. The van der Waals surface area contributed by atoms with Gasteiger partial charge in [0, 0.05) is 19.3 Å². The van der Waals surface area contributed by atoms with E-state index in [1.165, 1.54) is 0 Å². The monoisotopic (exact) mass is 253 g/mol. The summed E-state index contributed by atoms with van der Waals surface area (Å²) < 4.78 is 0. The zero-order valence-electron chi connectivity index (χ0n) is 9.77. The van der Waals surface area contributed by atoms with Gasteiger partial charge in [-0.2, -0.15) is 0 Å². The van der Waals surface area contributed by atoms with E-state index in [9.17, 15) is 9.90 Å². The molecule has 0 atom stereocenters. The first kappa shape index (κ1) is 12.4. The van der Waals surface area contributed by atoms with Gasteiger partial charge >= 0.3 is 0 Å². The summed E-state index contributed by atoms with van der Waals surface area (Å²) in [5.74, 6) is 0.508. The molecule has 0 aliphatic heterocycles. The molecule has 1 saturated carbocycles. The van der Waals surface area contributed by atoms with E-state index in [4.69, 9.17) is 11.6 Å². The lowest BCUT2D eigenvalue weighted by Crippen LogP contribution is -2.37. The minimum Gasteiger partial charge on any atom is -0.393 e. The molecule has 0 amide bonds. The van der Waals surface area contributed by atoms with Crippen LogP contribution in [0.3, 0.4) is 0 Å². The molecule has 0 radical (unpaired) electrons. The molecule has 0 aromatic heterocycles. The van der Waals surface area contributed by atoms with Crippen LogP contribution in [0.5, 0.6) is 0 Å². The van der Waals surface area contributed by atoms with Crippen molar-refractivity contribution in [3.63, 3.8) is 0 Å². The molecule has 0 unspecified atom stereocenters. The van der Waals surface area contributed by atoms with Crippen molar-refractivity contribution in [2.75, 3.05) is 18.5 Å². The lowest BCUT2D eigenvalue weighted by molar-refractivity contribution is 0.0464. The topological polar surface area (TPSA) is 40.5 Å². The van der Waals surface area contributed by atoms with Crippen molar-refractivity contribution in [1.82, 2.24) is 0 Å². The number of halogens is 1. The van der Waals surface area contributed by atoms with E-state index < -0.39 is 0 Å². The lowest BCUT2D eigenvalue weighted by atomic mass is 9.82. The molecule has 0 bridgehead atoms. The smallest absolute Gasteiger partial charge is 0.153 e. The summed E-state index contributed by atoms with van der Waals surface area (Å²) in [7, 11) is 1.95. The summed E-state index contributed by atoms with van der Waals surface area (Å²) in [4.78, 5) is 13.1. The van der Waals surface area contributed by atoms with Crippen molar-refractivity contribution in [3.8, 4) is 0 Å². The van der Waals surface area contributed by atoms with Crippen LogP contribution in [-0.2, 0) is 0 Å². The standard InChI is InChI=1S/C13H16ClNO2/c1-15(7-9-5-10(17)6-9)13-4-2-3-12(14)11(13)8-16/h2-4,8-10,17H,5-7H2,1H3. The van der Waals surface area contributed by atoms with Crippen molar-refractivity contribution < 1.29 is 9.90 Å². The third-order valence-electron chi connectivity index (χ3n) is 3.30. The first-order chi connectivity index (χ1) is 8.11. The van der Waals surface area contributed by atoms with Gasteiger partial charge in [-0.25, -0.2) is 0 Å². The zero-order chi connectivity index (χ0) is 12.4. The third-order valence-corrected chi connectivity index (χ3v) is 3.63. The molecule has 0 heterocycles. The zero-order valence-corrected chi connectivity index (χ0v) is 10.5. The van der Waals surface area contributed by atoms with Crippen molar-refractivity contribution in [3.05, 3.63) is 28.8 Å². The number of aldehydes is 1. The van der Waals surface area contributed by atoms with Gasteiger partial charge < -0.3 is 10.0 Å². The Morgan fingerprint density at radius 2 is 2.24 bits per heavy atom. The van der Waals surface area contributed by atoms with Crippen LogP contribution in [0.25, 0.3) is 0 Å². The molecule has 2 rings (SSSR count). The summed E-state index contributed by atoms with van der Waals surface area (Å²) in [6, 6.07) is 5.46. The Morgan fingerprint density at radius 1 is 1.53 bits per heavy atom. The quantitative estimate of drug-likeness (QED) is 0.838. The third kappa shape index (κ3) is 2.61. The average Bonchev–Trinajstić information content (AvgIpc) is 2.26. The van der Waals surface area contributed by atoms with Crippen LogP contribution >= 0.6 is 11.6 Å². The second-order valence-corrected chi connectivity index (χ2v) is 5.07. The van der Waals surface area contributed by atoms with Crippen molar-refractivity contribution >= 4 is 23.6 Å². The highest BCUT2D eigenvalue weighted by molar-refractivity contribution is 6.33. The van der Waals surface area contributed by atoms with E-state index in [-0.39, 0.29) is 6.10 Å². The number of carbonyl (C=O) groups excluding carboxylic acids is 1. The van der Waals surface area contributed by atoms with Crippen LogP contribution in [-0.4, -0.2) is 31.1 Å². The normalized spacial score (nSPS) is 23.0. The summed E-state index contributed by atoms with van der Waals surface area (Å²) in [6.07, 6.45) is 2.35. The highest BCUT2D eigenvalue weighted by Gasteiger charge is 2.28. The Balaban J connectivity index is 2.10. The predicted molar refractivity (Wildman–Crippen MR) is 68.8 cm³/mol. The molecule has 1 aliphatic rings. The molecular weight excluding hydrogens is 238 g/mol. The van der Waals surface area contributed by atoms with Gasteiger partial charge in [-0.3, -0.25) is 4.79 Å². The summed E-state index contributed by atoms with van der Waals surface area (Å²) in [5, 5.41) is 9.74. The van der Waals surface area contributed by atoms with Crippen LogP contribution in [0.1, 0.15) is 23.2 Å². The number of anilines is 1. The Labute approximate surface area is 106 Å². The first-order valence-corrected chi connectivity index (χ1v) is 6.12. The Hall–Kier alpha value is -1.06. The summed E-state index contributed by atoms with van der Waals surface area (Å²) in [6.45, 7) is 0.845. The SMILES string of the molecule is CN(CC1CC(O)C1)c1cccc(Cl)c1C=O. The fourth-order valence-corrected chi connectivity index (χ4v) is 2.52. The molecule has 0 saturated heterocycles. The number of rotatable bonds is 4. The number of carbonyl (C=O) groups is 1. The second-order valence-electron chi connectivity index (χ2n) is 4.66. The van der Waals surface area contributed by atoms with E-state index in [0.29, 0.717) is 16.5 Å². The van der Waals surface area contributed by atoms with Gasteiger partial charge in [-0.1, -0.05) is 17.7 Å². The molecule has 3 nitrogen and oxygen atoms in total. The van der Waals surface area contributed by atoms with Crippen LogP contribution in [0.4, 0.5) is 5.69 Å². The van der Waals surface area contributed by atoms with E-state index in [1.807, 2.05) is 24.1 Å². The van der Waals surface area contributed by atoms with E-state index >= 15 is 0 Å². The molecule has 1 N–H and O–H groups in total. The molecule has 0 spiro atoms. The number of hydrogen-bond acceptors (Lipinski definition) is 3. The molecule has 1 aliphatic carbocycles. The number of benzene rings is 1. The molecule has 1 aromatic carbocycles. The maximum Gasteiger partial charge on any atom is 0.153 e. The molecule has 17 heavy (non-hydrogen) atoms. The van der Waals surface area contributed by atoms with Gasteiger partial charge in [0.15, 0.2) is 6.29 Å². The Kier molecular flexibility index (Phi) is 3.69. The molecule has 1 fully saturated rings. The van der Waals surface area contributed by atoms with Crippen molar-refractivity contribution in [1.29, 1.82) is 0 Å². The molecule has 1 aromatic rings. The van der Waals surface area contributed by atoms with Crippen molar-refractivity contribution in [2.45, 2.75) is 18.9 Å². The number of aliphatic hydroxyl groups is 1. The van der Waals surface area contributed by atoms with Gasteiger partial charge in [0.05, 0.1) is 16.7 Å². The minimum absolute atomic E-state index is 0.140. The van der Waals surface area contributed by atoms with Gasteiger partial charge in [0.1, 0.15) is 0 Å². The highest BCUT2D eigenvalue weighted by atomic mass is 35.5. The van der Waals surface area contributed by atoms with Gasteiger partial charge in [-0.15, -0.1) is 0 Å². The molecule has 92 valence electrons.